The summed E-state index contributed by atoms with van der Waals surface area (Å²) in [6, 6.07) is 17.7. The number of halogens is 1. The number of H-pyrrole nitrogens is 1. The van der Waals surface area contributed by atoms with Crippen molar-refractivity contribution in [1.82, 2.24) is 9.88 Å². The number of aryl methyl sites for hydroxylation is 2. The minimum Gasteiger partial charge on any atom is -0.378 e. The van der Waals surface area contributed by atoms with Crippen LogP contribution in [0.4, 0.5) is 15.8 Å². The van der Waals surface area contributed by atoms with Crippen LogP contribution in [0.15, 0.2) is 54.6 Å². The Morgan fingerprint density at radius 2 is 1.75 bits per heavy atom. The number of nitrogens with zero attached hydrogens (tertiary/aromatic N) is 3. The first kappa shape index (κ1) is 27.1. The lowest BCUT2D eigenvalue weighted by atomic mass is 10.1. The number of piperidine rings is 1. The fourth-order valence-electron chi connectivity index (χ4n) is 6.47. The summed E-state index contributed by atoms with van der Waals surface area (Å²) < 4.78 is 21.5. The Morgan fingerprint density at radius 1 is 1.05 bits per heavy atom. The van der Waals surface area contributed by atoms with Crippen molar-refractivity contribution in [3.8, 4) is 0 Å². The fraction of sp³-hybridized carbons (Fsp3) is 0.438. The molecule has 1 amide bonds. The van der Waals surface area contributed by atoms with Gasteiger partial charge in [0.25, 0.3) is 5.91 Å². The smallest absolute Gasteiger partial charge is 0.260 e. The third-order valence-electron chi connectivity index (χ3n) is 8.86. The lowest BCUT2D eigenvalue weighted by molar-refractivity contribution is 0.0983. The van der Waals surface area contributed by atoms with Crippen molar-refractivity contribution in [1.29, 1.82) is 0 Å². The summed E-state index contributed by atoms with van der Waals surface area (Å²) in [6.07, 6.45) is 1.06. The number of benzene rings is 2. The molecule has 1 aromatic heterocycles. The van der Waals surface area contributed by atoms with E-state index >= 15 is 4.39 Å². The van der Waals surface area contributed by atoms with Crippen LogP contribution in [0.25, 0.3) is 0 Å². The van der Waals surface area contributed by atoms with Gasteiger partial charge in [0, 0.05) is 50.6 Å². The highest BCUT2D eigenvalue weighted by Crippen LogP contribution is 2.52. The van der Waals surface area contributed by atoms with Gasteiger partial charge in [-0.15, -0.1) is 0 Å². The van der Waals surface area contributed by atoms with Gasteiger partial charge in [-0.05, 0) is 72.6 Å². The number of morpholine rings is 1. The van der Waals surface area contributed by atoms with Crippen molar-refractivity contribution in [2.24, 2.45) is 17.8 Å². The van der Waals surface area contributed by atoms with Gasteiger partial charge >= 0.3 is 0 Å². The van der Waals surface area contributed by atoms with Crippen LogP contribution in [0, 0.1) is 35.1 Å². The molecule has 0 spiro atoms. The Kier molecular flexibility index (Phi) is 7.75. The molecule has 3 aromatic rings. The number of carbonyl (C=O) groups is 1. The van der Waals surface area contributed by atoms with Crippen LogP contribution in [-0.4, -0.2) is 61.7 Å². The number of aromatic nitrogens is 1. The molecule has 210 valence electrons. The maximum Gasteiger partial charge on any atom is 0.260 e. The molecule has 3 fully saturated rings. The molecule has 1 aliphatic carbocycles. The Hall–Kier alpha value is -3.07. The van der Waals surface area contributed by atoms with Crippen molar-refractivity contribution >= 4 is 29.5 Å². The molecule has 0 radical (unpaired) electrons. The third kappa shape index (κ3) is 5.57. The van der Waals surface area contributed by atoms with Crippen molar-refractivity contribution < 1.29 is 13.9 Å². The molecule has 3 aliphatic rings. The second-order valence-corrected chi connectivity index (χ2v) is 11.8. The van der Waals surface area contributed by atoms with Crippen LogP contribution in [0.1, 0.15) is 34.1 Å². The van der Waals surface area contributed by atoms with Gasteiger partial charge < -0.3 is 19.5 Å². The Labute approximate surface area is 240 Å². The van der Waals surface area contributed by atoms with E-state index in [0.29, 0.717) is 72.2 Å². The molecular weight excluding hydrogens is 523 g/mol. The zero-order valence-electron chi connectivity index (χ0n) is 23.2. The number of rotatable bonds is 8. The molecule has 2 saturated heterocycles. The highest BCUT2D eigenvalue weighted by Gasteiger charge is 2.56. The van der Waals surface area contributed by atoms with Crippen LogP contribution < -0.4 is 9.80 Å². The number of nitrogens with one attached hydrogen (secondary N) is 1. The molecule has 1 saturated carbocycles. The SMILES string of the molecule is CCc1ccc(CN2CC3C(C2)C3CN(C(=O)c2ccc(=S)[nH]c2C)c2ccc(N3CCOCC3)c(F)c2)cc1. The van der Waals surface area contributed by atoms with E-state index in [1.165, 1.54) is 17.2 Å². The summed E-state index contributed by atoms with van der Waals surface area (Å²) in [5.41, 5.74) is 5.16. The predicted molar refractivity (Wildman–Crippen MR) is 159 cm³/mol. The third-order valence-corrected chi connectivity index (χ3v) is 9.10. The normalized spacial score (nSPS) is 22.3. The molecular formula is C32H37FN4O2S. The quantitative estimate of drug-likeness (QED) is 0.363. The molecule has 1 N–H and O–H groups in total. The van der Waals surface area contributed by atoms with Crippen molar-refractivity contribution in [3.63, 3.8) is 0 Å². The van der Waals surface area contributed by atoms with Gasteiger partial charge in [-0.25, -0.2) is 4.39 Å². The van der Waals surface area contributed by atoms with E-state index in [2.05, 4.69) is 41.1 Å². The summed E-state index contributed by atoms with van der Waals surface area (Å²) >= 11 is 5.25. The van der Waals surface area contributed by atoms with E-state index in [9.17, 15) is 4.79 Å². The molecule has 40 heavy (non-hydrogen) atoms. The lowest BCUT2D eigenvalue weighted by Crippen LogP contribution is -2.37. The Balaban J connectivity index is 1.19. The molecule has 8 heteroatoms. The molecule has 3 heterocycles. The zero-order valence-corrected chi connectivity index (χ0v) is 24.1. The summed E-state index contributed by atoms with van der Waals surface area (Å²) in [5, 5.41) is 0. The summed E-state index contributed by atoms with van der Waals surface area (Å²) in [6.45, 7) is 10.2. The number of fused-ring (bicyclic) bond motifs is 1. The second-order valence-electron chi connectivity index (χ2n) is 11.4. The number of anilines is 2. The number of amides is 1. The van der Waals surface area contributed by atoms with Gasteiger partial charge in [0.15, 0.2) is 0 Å². The number of ether oxygens (including phenoxy) is 1. The number of carbonyl (C=O) groups excluding carboxylic acids is 1. The van der Waals surface area contributed by atoms with Gasteiger partial charge in [0.05, 0.1) is 24.5 Å². The van der Waals surface area contributed by atoms with Gasteiger partial charge in [-0.3, -0.25) is 9.69 Å². The van der Waals surface area contributed by atoms with Crippen LogP contribution >= 0.6 is 12.2 Å². The summed E-state index contributed by atoms with van der Waals surface area (Å²) in [4.78, 5) is 23.3. The first-order chi connectivity index (χ1) is 19.4. The number of aromatic amines is 1. The zero-order chi connectivity index (χ0) is 27.8. The largest absolute Gasteiger partial charge is 0.378 e. The van der Waals surface area contributed by atoms with Crippen molar-refractivity contribution in [2.75, 3.05) is 55.7 Å². The van der Waals surface area contributed by atoms with Gasteiger partial charge in [-0.2, -0.15) is 0 Å². The summed E-state index contributed by atoms with van der Waals surface area (Å²) in [5.74, 6) is 1.10. The molecule has 6 nitrogen and oxygen atoms in total. The monoisotopic (exact) mass is 560 g/mol. The first-order valence-electron chi connectivity index (χ1n) is 14.4. The highest BCUT2D eigenvalue weighted by molar-refractivity contribution is 7.71. The van der Waals surface area contributed by atoms with E-state index in [-0.39, 0.29) is 11.7 Å². The van der Waals surface area contributed by atoms with E-state index < -0.39 is 0 Å². The maximum atomic E-state index is 15.4. The fourth-order valence-corrected chi connectivity index (χ4v) is 6.69. The Bertz CT molecular complexity index is 1420. The number of likely N-dealkylation sites (tertiary alicyclic amines) is 1. The number of hydrogen-bond donors (Lipinski definition) is 1. The maximum absolute atomic E-state index is 15.4. The second kappa shape index (κ2) is 11.4. The van der Waals surface area contributed by atoms with Gasteiger partial charge in [-0.1, -0.05) is 43.4 Å². The molecule has 2 aliphatic heterocycles. The van der Waals surface area contributed by atoms with Crippen LogP contribution in [0.2, 0.25) is 0 Å². The van der Waals surface area contributed by atoms with Crippen LogP contribution in [-0.2, 0) is 17.7 Å². The highest BCUT2D eigenvalue weighted by atomic mass is 32.1. The van der Waals surface area contributed by atoms with Crippen LogP contribution in [0.5, 0.6) is 0 Å². The first-order valence-corrected chi connectivity index (χ1v) is 14.8. The van der Waals surface area contributed by atoms with E-state index in [1.54, 1.807) is 23.1 Å². The molecule has 6 rings (SSSR count). The summed E-state index contributed by atoms with van der Waals surface area (Å²) in [7, 11) is 0. The van der Waals surface area contributed by atoms with E-state index in [4.69, 9.17) is 17.0 Å². The van der Waals surface area contributed by atoms with Crippen molar-refractivity contribution in [2.45, 2.75) is 26.8 Å². The lowest BCUT2D eigenvalue weighted by Gasteiger charge is -2.30. The minimum atomic E-state index is -0.308. The van der Waals surface area contributed by atoms with Gasteiger partial charge in [0.1, 0.15) is 10.5 Å². The standard InChI is InChI=1S/C32H37FN4O2S/c1-3-22-4-6-23(7-5-22)17-35-18-26-27(19-35)28(26)20-37(32(38)25-9-11-31(40)34-21(25)2)24-8-10-30(29(33)16-24)36-12-14-39-15-13-36/h4-11,16,26-28H,3,12-15,17-20H2,1-2H3,(H,34,40). The average molecular weight is 561 g/mol. The molecule has 0 bridgehead atoms. The number of hydrogen-bond acceptors (Lipinski definition) is 5. The van der Waals surface area contributed by atoms with Gasteiger partial charge in [0.2, 0.25) is 0 Å². The van der Waals surface area contributed by atoms with Crippen LogP contribution in [0.3, 0.4) is 0 Å². The predicted octanol–water partition coefficient (Wildman–Crippen LogP) is 5.62. The Morgan fingerprint density at radius 3 is 2.40 bits per heavy atom. The number of pyridine rings is 1. The van der Waals surface area contributed by atoms with E-state index in [0.717, 1.165) is 31.7 Å². The molecule has 2 unspecified atom stereocenters. The average Bonchev–Trinajstić information content (AvgIpc) is 3.40. The molecule has 2 aromatic carbocycles. The van der Waals surface area contributed by atoms with E-state index in [1.807, 2.05) is 17.9 Å². The van der Waals surface area contributed by atoms with Crippen molar-refractivity contribution in [3.05, 3.63) is 87.4 Å². The minimum absolute atomic E-state index is 0.125. The molecule has 2 atom stereocenters. The topological polar surface area (TPSA) is 51.8 Å².